The first-order valence-corrected chi connectivity index (χ1v) is 7.39. The summed E-state index contributed by atoms with van der Waals surface area (Å²) in [4.78, 5) is 2.43. The van der Waals surface area contributed by atoms with Crippen LogP contribution in [0.3, 0.4) is 0 Å². The van der Waals surface area contributed by atoms with Crippen LogP contribution in [0.15, 0.2) is 24.3 Å². The monoisotopic (exact) mass is 264 g/mol. The third-order valence-electron chi connectivity index (χ3n) is 3.46. The van der Waals surface area contributed by atoms with Crippen LogP contribution in [0.1, 0.15) is 39.3 Å². The standard InChI is InChI=1S/C16H28N2O/c1-5-18(6-2)13-12-17-14(4)15-8-10-16(11-9-15)19-7-3/h8-11,14,17H,5-7,12-13H2,1-4H3. The lowest BCUT2D eigenvalue weighted by Crippen LogP contribution is -2.33. The fourth-order valence-corrected chi connectivity index (χ4v) is 2.12. The van der Waals surface area contributed by atoms with Crippen molar-refractivity contribution in [3.63, 3.8) is 0 Å². The van der Waals surface area contributed by atoms with E-state index in [9.17, 15) is 0 Å². The van der Waals surface area contributed by atoms with Crippen molar-refractivity contribution in [1.82, 2.24) is 10.2 Å². The number of hydrogen-bond acceptors (Lipinski definition) is 3. The quantitative estimate of drug-likeness (QED) is 0.742. The average Bonchev–Trinajstić information content (AvgIpc) is 2.44. The first-order chi connectivity index (χ1) is 9.21. The minimum absolute atomic E-state index is 0.381. The summed E-state index contributed by atoms with van der Waals surface area (Å²) < 4.78 is 5.46. The zero-order chi connectivity index (χ0) is 14.1. The predicted molar refractivity (Wildman–Crippen MR) is 81.8 cm³/mol. The summed E-state index contributed by atoms with van der Waals surface area (Å²) in [6.07, 6.45) is 0. The molecule has 3 heteroatoms. The number of likely N-dealkylation sites (N-methyl/N-ethyl adjacent to an activating group) is 1. The van der Waals surface area contributed by atoms with Gasteiger partial charge in [0, 0.05) is 19.1 Å². The average molecular weight is 264 g/mol. The molecule has 108 valence electrons. The predicted octanol–water partition coefficient (Wildman–Crippen LogP) is 3.08. The van der Waals surface area contributed by atoms with E-state index in [4.69, 9.17) is 4.74 Å². The Labute approximate surface area is 118 Å². The van der Waals surface area contributed by atoms with Crippen molar-refractivity contribution in [1.29, 1.82) is 0 Å². The first-order valence-electron chi connectivity index (χ1n) is 7.39. The summed E-state index contributed by atoms with van der Waals surface area (Å²) in [5.74, 6) is 0.946. The summed E-state index contributed by atoms with van der Waals surface area (Å²) >= 11 is 0. The minimum Gasteiger partial charge on any atom is -0.494 e. The second-order valence-corrected chi connectivity index (χ2v) is 4.70. The molecule has 0 aliphatic heterocycles. The summed E-state index contributed by atoms with van der Waals surface area (Å²) in [7, 11) is 0. The molecule has 0 amide bonds. The van der Waals surface area contributed by atoms with Crippen LogP contribution in [0.4, 0.5) is 0 Å². The number of benzene rings is 1. The highest BCUT2D eigenvalue weighted by atomic mass is 16.5. The Hall–Kier alpha value is -1.06. The number of hydrogen-bond donors (Lipinski definition) is 1. The summed E-state index contributed by atoms with van der Waals surface area (Å²) in [6.45, 7) is 13.7. The Morgan fingerprint density at radius 1 is 1.11 bits per heavy atom. The van der Waals surface area contributed by atoms with E-state index in [1.807, 2.05) is 19.1 Å². The maximum atomic E-state index is 5.46. The van der Waals surface area contributed by atoms with Crippen molar-refractivity contribution >= 4 is 0 Å². The molecule has 0 spiro atoms. The molecule has 0 heterocycles. The number of nitrogens with zero attached hydrogens (tertiary/aromatic N) is 1. The Morgan fingerprint density at radius 3 is 2.26 bits per heavy atom. The van der Waals surface area contributed by atoms with Crippen LogP contribution in [0.2, 0.25) is 0 Å². The second kappa shape index (κ2) is 8.94. The molecule has 1 N–H and O–H groups in total. The molecule has 0 bridgehead atoms. The lowest BCUT2D eigenvalue weighted by molar-refractivity contribution is 0.298. The Bertz CT molecular complexity index is 333. The third kappa shape index (κ3) is 5.62. The van der Waals surface area contributed by atoms with E-state index in [0.29, 0.717) is 6.04 Å². The fourth-order valence-electron chi connectivity index (χ4n) is 2.12. The molecule has 3 nitrogen and oxygen atoms in total. The third-order valence-corrected chi connectivity index (χ3v) is 3.46. The lowest BCUT2D eigenvalue weighted by atomic mass is 10.1. The van der Waals surface area contributed by atoms with E-state index >= 15 is 0 Å². The van der Waals surface area contributed by atoms with Gasteiger partial charge in [-0.3, -0.25) is 0 Å². The van der Waals surface area contributed by atoms with E-state index < -0.39 is 0 Å². The van der Waals surface area contributed by atoms with Crippen LogP contribution in [-0.2, 0) is 0 Å². The first kappa shape index (κ1) is 16.0. The van der Waals surface area contributed by atoms with Crippen molar-refractivity contribution in [2.45, 2.75) is 33.7 Å². The molecule has 1 rings (SSSR count). The van der Waals surface area contributed by atoms with Crippen molar-refractivity contribution in [3.05, 3.63) is 29.8 Å². The van der Waals surface area contributed by atoms with Crippen LogP contribution < -0.4 is 10.1 Å². The smallest absolute Gasteiger partial charge is 0.119 e. The molecule has 1 unspecified atom stereocenters. The highest BCUT2D eigenvalue weighted by Gasteiger charge is 2.05. The second-order valence-electron chi connectivity index (χ2n) is 4.70. The van der Waals surface area contributed by atoms with Crippen molar-refractivity contribution < 1.29 is 4.74 Å². The maximum absolute atomic E-state index is 5.46. The topological polar surface area (TPSA) is 24.5 Å². The van der Waals surface area contributed by atoms with Gasteiger partial charge in [0.15, 0.2) is 0 Å². The molecular weight excluding hydrogens is 236 g/mol. The molecule has 0 saturated carbocycles. The van der Waals surface area contributed by atoms with E-state index in [1.54, 1.807) is 0 Å². The molecule has 1 atom stereocenters. The Morgan fingerprint density at radius 2 is 1.74 bits per heavy atom. The minimum atomic E-state index is 0.381. The highest BCUT2D eigenvalue weighted by molar-refractivity contribution is 5.28. The lowest BCUT2D eigenvalue weighted by Gasteiger charge is -2.20. The van der Waals surface area contributed by atoms with E-state index in [-0.39, 0.29) is 0 Å². The van der Waals surface area contributed by atoms with Gasteiger partial charge >= 0.3 is 0 Å². The molecule has 1 aromatic rings. The van der Waals surface area contributed by atoms with Crippen LogP contribution in [-0.4, -0.2) is 37.7 Å². The zero-order valence-corrected chi connectivity index (χ0v) is 12.8. The van der Waals surface area contributed by atoms with Gasteiger partial charge < -0.3 is 15.0 Å². The van der Waals surface area contributed by atoms with Gasteiger partial charge in [-0.25, -0.2) is 0 Å². The van der Waals surface area contributed by atoms with E-state index in [1.165, 1.54) is 5.56 Å². The van der Waals surface area contributed by atoms with Gasteiger partial charge in [-0.15, -0.1) is 0 Å². The molecular formula is C16H28N2O. The van der Waals surface area contributed by atoms with Crippen molar-refractivity contribution in [3.8, 4) is 5.75 Å². The van der Waals surface area contributed by atoms with Crippen molar-refractivity contribution in [2.24, 2.45) is 0 Å². The van der Waals surface area contributed by atoms with E-state index in [0.717, 1.165) is 38.5 Å². The van der Waals surface area contributed by atoms with Crippen LogP contribution in [0.5, 0.6) is 5.75 Å². The van der Waals surface area contributed by atoms with E-state index in [2.05, 4.69) is 43.1 Å². The summed E-state index contributed by atoms with van der Waals surface area (Å²) in [6, 6.07) is 8.74. The molecule has 0 fully saturated rings. The number of nitrogens with one attached hydrogen (secondary N) is 1. The van der Waals surface area contributed by atoms with Gasteiger partial charge in [-0.05, 0) is 44.6 Å². The fraction of sp³-hybridized carbons (Fsp3) is 0.625. The summed E-state index contributed by atoms with van der Waals surface area (Å²) in [5.41, 5.74) is 1.31. The van der Waals surface area contributed by atoms with Gasteiger partial charge in [-0.2, -0.15) is 0 Å². The van der Waals surface area contributed by atoms with Gasteiger partial charge in [0.1, 0.15) is 5.75 Å². The molecule has 0 aliphatic rings. The van der Waals surface area contributed by atoms with Crippen LogP contribution in [0.25, 0.3) is 0 Å². The van der Waals surface area contributed by atoms with Crippen molar-refractivity contribution in [2.75, 3.05) is 32.8 Å². The number of ether oxygens (including phenoxy) is 1. The molecule has 19 heavy (non-hydrogen) atoms. The van der Waals surface area contributed by atoms with Gasteiger partial charge in [0.2, 0.25) is 0 Å². The molecule has 0 radical (unpaired) electrons. The highest BCUT2D eigenvalue weighted by Crippen LogP contribution is 2.17. The largest absolute Gasteiger partial charge is 0.494 e. The van der Waals surface area contributed by atoms with Crippen LogP contribution >= 0.6 is 0 Å². The Balaban J connectivity index is 2.38. The SMILES string of the molecule is CCOc1ccc(C(C)NCCN(CC)CC)cc1. The molecule has 0 aromatic heterocycles. The summed E-state index contributed by atoms with van der Waals surface area (Å²) in [5, 5.41) is 3.57. The van der Waals surface area contributed by atoms with Gasteiger partial charge in [0.05, 0.1) is 6.61 Å². The normalized spacial score (nSPS) is 12.7. The molecule has 0 aliphatic carbocycles. The van der Waals surface area contributed by atoms with Gasteiger partial charge in [-0.1, -0.05) is 26.0 Å². The maximum Gasteiger partial charge on any atom is 0.119 e. The molecule has 0 saturated heterocycles. The van der Waals surface area contributed by atoms with Gasteiger partial charge in [0.25, 0.3) is 0 Å². The molecule has 1 aromatic carbocycles. The zero-order valence-electron chi connectivity index (χ0n) is 12.8. The van der Waals surface area contributed by atoms with Crippen LogP contribution in [0, 0.1) is 0 Å². The number of rotatable bonds is 9. The Kier molecular flexibility index (Phi) is 7.53.